The predicted octanol–water partition coefficient (Wildman–Crippen LogP) is 5.98. The molecule has 7 nitrogen and oxygen atoms in total. The number of allylic oxidation sites excluding steroid dienone is 1. The average Bonchev–Trinajstić information content (AvgIpc) is 3.17. The molecule has 0 saturated carbocycles. The van der Waals surface area contributed by atoms with Gasteiger partial charge in [0.05, 0.1) is 10.4 Å². The van der Waals surface area contributed by atoms with Gasteiger partial charge in [0.1, 0.15) is 10.0 Å². The maximum Gasteiger partial charge on any atom is 0.332 e. The molecule has 0 unspecified atom stereocenters. The van der Waals surface area contributed by atoms with Gasteiger partial charge in [-0.3, -0.25) is 10.1 Å². The minimum absolute atomic E-state index is 0.0474. The number of nitrogens with zero attached hydrogens (tertiary/aromatic N) is 4. The van der Waals surface area contributed by atoms with Gasteiger partial charge in [0.25, 0.3) is 0 Å². The molecule has 0 atom stereocenters. The lowest BCUT2D eigenvalue weighted by Gasteiger charge is -2.14. The third kappa shape index (κ3) is 3.70. The molecule has 0 fully saturated rings. The third-order valence-corrected chi connectivity index (χ3v) is 5.33. The smallest absolute Gasteiger partial charge is 0.332 e. The maximum atomic E-state index is 12.0. The number of fused-ring (bicyclic) bond motifs is 2. The molecule has 1 aromatic heterocycles. The Morgan fingerprint density at radius 3 is 2.43 bits per heavy atom. The van der Waals surface area contributed by atoms with E-state index in [0.29, 0.717) is 16.7 Å². The molecule has 0 bridgehead atoms. The highest BCUT2D eigenvalue weighted by atomic mass is 35.5. The summed E-state index contributed by atoms with van der Waals surface area (Å²) in [6.07, 6.45) is 0. The standard InChI is InChI=1S/C20H12Cl3N5O2/c21-17(19(22)23)18(28(29)30)20(27-16-11-4-3-9-15(16)25-26-27)24-14-10-5-7-12-6-1-2-8-13(12)14/h1-11,24H/b20-18+. The zero-order valence-corrected chi connectivity index (χ0v) is 17.4. The predicted molar refractivity (Wildman–Crippen MR) is 120 cm³/mol. The normalized spacial score (nSPS) is 12.0. The summed E-state index contributed by atoms with van der Waals surface area (Å²) >= 11 is 17.7. The molecule has 4 aromatic rings. The number of para-hydroxylation sites is 1. The van der Waals surface area contributed by atoms with Crippen LogP contribution in [-0.2, 0) is 0 Å². The summed E-state index contributed by atoms with van der Waals surface area (Å²) in [5.74, 6) is -0.0474. The second-order valence-electron chi connectivity index (χ2n) is 6.17. The van der Waals surface area contributed by atoms with E-state index in [4.69, 9.17) is 34.8 Å². The SMILES string of the molecule is O=[N+]([O-])/C(C(Cl)=C(Cl)Cl)=C(\Nc1cccc2ccccc12)n1nnc2ccccc21. The van der Waals surface area contributed by atoms with Crippen molar-refractivity contribution in [2.75, 3.05) is 5.32 Å². The van der Waals surface area contributed by atoms with E-state index in [1.807, 2.05) is 36.4 Å². The van der Waals surface area contributed by atoms with Crippen molar-refractivity contribution in [3.05, 3.63) is 92.1 Å². The lowest BCUT2D eigenvalue weighted by molar-refractivity contribution is -0.419. The largest absolute Gasteiger partial charge is 0.334 e. The fraction of sp³-hybridized carbons (Fsp3) is 0. The average molecular weight is 461 g/mol. The van der Waals surface area contributed by atoms with Crippen molar-refractivity contribution in [2.45, 2.75) is 0 Å². The van der Waals surface area contributed by atoms with Crippen LogP contribution in [0.25, 0.3) is 27.6 Å². The summed E-state index contributed by atoms with van der Waals surface area (Å²) in [5.41, 5.74) is 1.15. The first kappa shape index (κ1) is 20.2. The van der Waals surface area contributed by atoms with E-state index in [-0.39, 0.29) is 5.82 Å². The molecule has 1 heterocycles. The Morgan fingerprint density at radius 2 is 1.67 bits per heavy atom. The first-order valence-electron chi connectivity index (χ1n) is 8.63. The molecule has 150 valence electrons. The van der Waals surface area contributed by atoms with E-state index in [1.54, 1.807) is 30.3 Å². The van der Waals surface area contributed by atoms with Crippen LogP contribution in [0.4, 0.5) is 5.69 Å². The van der Waals surface area contributed by atoms with Crippen molar-refractivity contribution in [2.24, 2.45) is 0 Å². The van der Waals surface area contributed by atoms with Crippen LogP contribution in [-0.4, -0.2) is 19.9 Å². The molecule has 0 aliphatic heterocycles. The summed E-state index contributed by atoms with van der Waals surface area (Å²) < 4.78 is 0.860. The van der Waals surface area contributed by atoms with E-state index >= 15 is 0 Å². The Bertz CT molecular complexity index is 1340. The van der Waals surface area contributed by atoms with Crippen LogP contribution in [0.5, 0.6) is 0 Å². The van der Waals surface area contributed by atoms with Crippen molar-refractivity contribution < 1.29 is 4.92 Å². The molecule has 0 saturated heterocycles. The van der Waals surface area contributed by atoms with Crippen molar-refractivity contribution in [3.63, 3.8) is 0 Å². The molecular formula is C20H12Cl3N5O2. The molecule has 3 aromatic carbocycles. The van der Waals surface area contributed by atoms with Gasteiger partial charge in [-0.05, 0) is 23.6 Å². The van der Waals surface area contributed by atoms with E-state index in [9.17, 15) is 10.1 Å². The second-order valence-corrected chi connectivity index (χ2v) is 7.50. The van der Waals surface area contributed by atoms with Gasteiger partial charge in [0.15, 0.2) is 5.03 Å². The summed E-state index contributed by atoms with van der Waals surface area (Å²) in [4.78, 5) is 11.3. The Kier molecular flexibility index (Phi) is 5.59. The number of aromatic nitrogens is 3. The van der Waals surface area contributed by atoms with Gasteiger partial charge in [0, 0.05) is 11.1 Å². The molecule has 10 heteroatoms. The van der Waals surface area contributed by atoms with E-state index in [0.717, 1.165) is 10.8 Å². The van der Waals surface area contributed by atoms with Gasteiger partial charge in [0.2, 0.25) is 5.82 Å². The maximum absolute atomic E-state index is 12.0. The fourth-order valence-corrected chi connectivity index (χ4v) is 3.41. The van der Waals surface area contributed by atoms with Crippen LogP contribution in [0.1, 0.15) is 0 Å². The van der Waals surface area contributed by atoms with Crippen molar-refractivity contribution in [1.82, 2.24) is 15.0 Å². The molecule has 30 heavy (non-hydrogen) atoms. The van der Waals surface area contributed by atoms with Gasteiger partial charge >= 0.3 is 5.70 Å². The Morgan fingerprint density at radius 1 is 0.967 bits per heavy atom. The van der Waals surface area contributed by atoms with Crippen LogP contribution in [0.15, 0.2) is 82.0 Å². The quantitative estimate of drug-likeness (QED) is 0.225. The highest BCUT2D eigenvalue weighted by Gasteiger charge is 2.29. The highest BCUT2D eigenvalue weighted by molar-refractivity contribution is 6.60. The minimum atomic E-state index is -0.670. The van der Waals surface area contributed by atoms with E-state index in [1.165, 1.54) is 4.68 Å². The summed E-state index contributed by atoms with van der Waals surface area (Å²) in [7, 11) is 0. The number of halogens is 3. The molecule has 0 spiro atoms. The Labute approximate surface area is 185 Å². The zero-order chi connectivity index (χ0) is 21.3. The number of benzene rings is 3. The third-order valence-electron chi connectivity index (χ3n) is 4.39. The van der Waals surface area contributed by atoms with Gasteiger partial charge in [-0.1, -0.05) is 88.5 Å². The first-order chi connectivity index (χ1) is 14.5. The van der Waals surface area contributed by atoms with Gasteiger partial charge < -0.3 is 5.32 Å². The summed E-state index contributed by atoms with van der Waals surface area (Å²) in [6.45, 7) is 0. The summed E-state index contributed by atoms with van der Waals surface area (Å²) in [5, 5.41) is 24.6. The molecule has 0 radical (unpaired) electrons. The second kappa shape index (κ2) is 8.31. The van der Waals surface area contributed by atoms with Crippen LogP contribution in [0, 0.1) is 10.1 Å². The summed E-state index contributed by atoms with van der Waals surface area (Å²) in [6, 6.07) is 20.2. The molecule has 0 aliphatic rings. The molecule has 4 rings (SSSR count). The Balaban J connectivity index is 2.02. The topological polar surface area (TPSA) is 85.9 Å². The van der Waals surface area contributed by atoms with E-state index < -0.39 is 20.1 Å². The molecule has 0 amide bonds. The highest BCUT2D eigenvalue weighted by Crippen LogP contribution is 2.32. The first-order valence-corrected chi connectivity index (χ1v) is 9.76. The Hall–Kier alpha value is -3.13. The monoisotopic (exact) mass is 459 g/mol. The number of hydrogen-bond acceptors (Lipinski definition) is 5. The number of hydrogen-bond donors (Lipinski definition) is 1. The van der Waals surface area contributed by atoms with Crippen LogP contribution in [0.3, 0.4) is 0 Å². The van der Waals surface area contributed by atoms with Gasteiger partial charge in [-0.2, -0.15) is 4.68 Å². The molecule has 0 aliphatic carbocycles. The lowest BCUT2D eigenvalue weighted by Crippen LogP contribution is -2.16. The van der Waals surface area contributed by atoms with Crippen LogP contribution < -0.4 is 5.32 Å². The van der Waals surface area contributed by atoms with Crippen molar-refractivity contribution >= 4 is 68.1 Å². The van der Waals surface area contributed by atoms with E-state index in [2.05, 4.69) is 15.6 Å². The number of anilines is 1. The minimum Gasteiger partial charge on any atom is -0.334 e. The number of rotatable bonds is 5. The molecular weight excluding hydrogens is 449 g/mol. The van der Waals surface area contributed by atoms with Gasteiger partial charge in [-0.15, -0.1) is 5.10 Å². The fourth-order valence-electron chi connectivity index (χ4n) is 3.07. The van der Waals surface area contributed by atoms with Gasteiger partial charge in [-0.25, -0.2) is 0 Å². The van der Waals surface area contributed by atoms with Crippen LogP contribution in [0.2, 0.25) is 0 Å². The molecule has 1 N–H and O–H groups in total. The number of nitro groups is 1. The number of nitrogens with one attached hydrogen (secondary N) is 1. The van der Waals surface area contributed by atoms with Crippen molar-refractivity contribution in [3.8, 4) is 0 Å². The van der Waals surface area contributed by atoms with Crippen molar-refractivity contribution in [1.29, 1.82) is 0 Å². The van der Waals surface area contributed by atoms with Crippen LogP contribution >= 0.6 is 34.8 Å². The lowest BCUT2D eigenvalue weighted by atomic mass is 10.1. The zero-order valence-electron chi connectivity index (χ0n) is 15.1.